The Bertz CT molecular complexity index is 703. The van der Waals surface area contributed by atoms with Crippen molar-refractivity contribution in [3.05, 3.63) is 65.5 Å². The second-order valence-corrected chi connectivity index (χ2v) is 8.01. The number of anilines is 1. The van der Waals surface area contributed by atoms with Gasteiger partial charge in [0.15, 0.2) is 0 Å². The molecule has 2 nitrogen and oxygen atoms in total. The van der Waals surface area contributed by atoms with Crippen LogP contribution in [0.4, 0.5) is 10.1 Å². The largest absolute Gasteiger partial charge is 0.369 e. The van der Waals surface area contributed by atoms with Crippen molar-refractivity contribution >= 4 is 5.69 Å². The summed E-state index contributed by atoms with van der Waals surface area (Å²) in [5, 5.41) is 0. The van der Waals surface area contributed by atoms with Crippen molar-refractivity contribution in [2.45, 2.75) is 39.5 Å². The molecule has 1 aliphatic heterocycles. The summed E-state index contributed by atoms with van der Waals surface area (Å²) in [6, 6.07) is 15.9. The molecule has 27 heavy (non-hydrogen) atoms. The number of nitrogens with zero attached hydrogens (tertiary/aromatic N) is 2. The molecule has 1 aliphatic rings. The summed E-state index contributed by atoms with van der Waals surface area (Å²) < 4.78 is 13.1. The monoisotopic (exact) mass is 368 g/mol. The zero-order valence-corrected chi connectivity index (χ0v) is 17.0. The van der Waals surface area contributed by atoms with Crippen LogP contribution in [0.1, 0.15) is 44.2 Å². The lowest BCUT2D eigenvalue weighted by atomic mass is 9.83. The molecule has 2 aromatic carbocycles. The average Bonchev–Trinajstić information content (AvgIpc) is 2.68. The molecule has 1 saturated heterocycles. The van der Waals surface area contributed by atoms with E-state index in [1.54, 1.807) is 17.7 Å². The molecule has 1 heterocycles. The maximum Gasteiger partial charge on any atom is 0.123 e. The molecule has 0 amide bonds. The predicted octanol–water partition coefficient (Wildman–Crippen LogP) is 5.34. The fraction of sp³-hybridized carbons (Fsp3) is 0.500. The summed E-state index contributed by atoms with van der Waals surface area (Å²) in [6.07, 6.45) is 2.32. The van der Waals surface area contributed by atoms with E-state index in [0.717, 1.165) is 44.8 Å². The number of piperazine rings is 1. The molecule has 3 rings (SSSR count). The molecule has 0 spiro atoms. The van der Waals surface area contributed by atoms with E-state index in [1.807, 2.05) is 12.1 Å². The molecule has 1 unspecified atom stereocenters. The third kappa shape index (κ3) is 5.10. The molecule has 146 valence electrons. The second kappa shape index (κ2) is 9.36. The van der Waals surface area contributed by atoms with Crippen LogP contribution in [0.2, 0.25) is 0 Å². The van der Waals surface area contributed by atoms with Crippen LogP contribution in [-0.4, -0.2) is 37.6 Å². The van der Waals surface area contributed by atoms with Gasteiger partial charge < -0.3 is 4.90 Å². The highest BCUT2D eigenvalue weighted by Crippen LogP contribution is 2.30. The Morgan fingerprint density at radius 1 is 0.926 bits per heavy atom. The first-order valence-electron chi connectivity index (χ1n) is 10.4. The lowest BCUT2D eigenvalue weighted by molar-refractivity contribution is 0.260. The van der Waals surface area contributed by atoms with Gasteiger partial charge >= 0.3 is 0 Å². The normalized spacial score (nSPS) is 16.7. The fourth-order valence-corrected chi connectivity index (χ4v) is 4.33. The molecular formula is C24H33FN2. The van der Waals surface area contributed by atoms with E-state index in [2.05, 4.69) is 54.8 Å². The molecule has 0 aliphatic carbocycles. The van der Waals surface area contributed by atoms with Crippen LogP contribution >= 0.6 is 0 Å². The molecular weight excluding hydrogens is 335 g/mol. The highest BCUT2D eigenvalue weighted by Gasteiger charge is 2.19. The van der Waals surface area contributed by atoms with Gasteiger partial charge in [-0.3, -0.25) is 4.90 Å². The lowest BCUT2D eigenvalue weighted by Gasteiger charge is -2.36. The minimum Gasteiger partial charge on any atom is -0.369 e. The van der Waals surface area contributed by atoms with Crippen LogP contribution in [-0.2, 0) is 6.42 Å². The Morgan fingerprint density at radius 2 is 1.59 bits per heavy atom. The maximum atomic E-state index is 13.1. The highest BCUT2D eigenvalue weighted by molar-refractivity contribution is 5.46. The predicted molar refractivity (Wildman–Crippen MR) is 113 cm³/mol. The number of hydrogen-bond acceptors (Lipinski definition) is 2. The van der Waals surface area contributed by atoms with Crippen LogP contribution in [0.15, 0.2) is 48.5 Å². The van der Waals surface area contributed by atoms with Crippen LogP contribution in [0.25, 0.3) is 0 Å². The topological polar surface area (TPSA) is 6.48 Å². The number of halogens is 1. The van der Waals surface area contributed by atoms with Gasteiger partial charge in [0.25, 0.3) is 0 Å². The number of rotatable bonds is 7. The van der Waals surface area contributed by atoms with Gasteiger partial charge in [-0.1, -0.05) is 45.0 Å². The molecule has 3 heteroatoms. The Kier molecular flexibility index (Phi) is 6.89. The standard InChI is InChI=1S/C24H33FN2/c1-4-23(19(2)3)24-8-6-5-7-20(24)13-14-26-15-17-27(18-16-26)22-11-9-21(25)10-12-22/h5-12,19,23H,4,13-18H2,1-3H3. The van der Waals surface area contributed by atoms with E-state index in [1.165, 1.54) is 12.0 Å². The van der Waals surface area contributed by atoms with Gasteiger partial charge in [0.2, 0.25) is 0 Å². The maximum absolute atomic E-state index is 13.1. The van der Waals surface area contributed by atoms with Crippen molar-refractivity contribution in [1.29, 1.82) is 0 Å². The van der Waals surface area contributed by atoms with E-state index in [0.29, 0.717) is 11.8 Å². The summed E-state index contributed by atoms with van der Waals surface area (Å²) in [5.74, 6) is 1.16. The van der Waals surface area contributed by atoms with Gasteiger partial charge in [0.05, 0.1) is 0 Å². The average molecular weight is 369 g/mol. The van der Waals surface area contributed by atoms with Crippen molar-refractivity contribution < 1.29 is 4.39 Å². The molecule has 0 N–H and O–H groups in total. The first kappa shape index (κ1) is 19.9. The van der Waals surface area contributed by atoms with Crippen LogP contribution < -0.4 is 4.90 Å². The lowest BCUT2D eigenvalue weighted by Crippen LogP contribution is -2.47. The van der Waals surface area contributed by atoms with E-state index in [-0.39, 0.29) is 5.82 Å². The third-order valence-corrected chi connectivity index (χ3v) is 5.96. The van der Waals surface area contributed by atoms with Crippen LogP contribution in [0.5, 0.6) is 0 Å². The second-order valence-electron chi connectivity index (χ2n) is 8.01. The molecule has 0 saturated carbocycles. The zero-order chi connectivity index (χ0) is 19.2. The molecule has 2 aromatic rings. The van der Waals surface area contributed by atoms with Gasteiger partial charge in [-0.15, -0.1) is 0 Å². The van der Waals surface area contributed by atoms with Gasteiger partial charge in [-0.25, -0.2) is 4.39 Å². The van der Waals surface area contributed by atoms with Crippen molar-refractivity contribution in [3.63, 3.8) is 0 Å². The Morgan fingerprint density at radius 3 is 2.22 bits per heavy atom. The molecule has 1 fully saturated rings. The number of benzene rings is 2. The first-order valence-corrected chi connectivity index (χ1v) is 10.4. The Labute approximate surface area is 164 Å². The highest BCUT2D eigenvalue weighted by atomic mass is 19.1. The quantitative estimate of drug-likeness (QED) is 0.651. The van der Waals surface area contributed by atoms with Gasteiger partial charge in [-0.2, -0.15) is 0 Å². The van der Waals surface area contributed by atoms with Gasteiger partial charge in [-0.05, 0) is 60.1 Å². The fourth-order valence-electron chi connectivity index (χ4n) is 4.33. The van der Waals surface area contributed by atoms with Crippen molar-refractivity contribution in [3.8, 4) is 0 Å². The minimum absolute atomic E-state index is 0.164. The SMILES string of the molecule is CCC(c1ccccc1CCN1CCN(c2ccc(F)cc2)CC1)C(C)C. The summed E-state index contributed by atoms with van der Waals surface area (Å²) in [7, 11) is 0. The number of hydrogen-bond donors (Lipinski definition) is 0. The van der Waals surface area contributed by atoms with Crippen LogP contribution in [0.3, 0.4) is 0 Å². The van der Waals surface area contributed by atoms with E-state index < -0.39 is 0 Å². The summed E-state index contributed by atoms with van der Waals surface area (Å²) in [4.78, 5) is 4.92. The Hall–Kier alpha value is -1.87. The first-order chi connectivity index (χ1) is 13.1. The summed E-state index contributed by atoms with van der Waals surface area (Å²) >= 11 is 0. The zero-order valence-electron chi connectivity index (χ0n) is 17.0. The van der Waals surface area contributed by atoms with Crippen molar-refractivity contribution in [2.24, 2.45) is 5.92 Å². The van der Waals surface area contributed by atoms with Gasteiger partial charge in [0, 0.05) is 38.4 Å². The minimum atomic E-state index is -0.164. The Balaban J connectivity index is 1.55. The molecule has 1 atom stereocenters. The molecule has 0 aromatic heterocycles. The van der Waals surface area contributed by atoms with Gasteiger partial charge in [0.1, 0.15) is 5.82 Å². The van der Waals surface area contributed by atoms with E-state index >= 15 is 0 Å². The van der Waals surface area contributed by atoms with Crippen molar-refractivity contribution in [1.82, 2.24) is 4.90 Å². The molecule has 0 radical (unpaired) electrons. The van der Waals surface area contributed by atoms with E-state index in [4.69, 9.17) is 0 Å². The summed E-state index contributed by atoms with van der Waals surface area (Å²) in [6.45, 7) is 12.2. The smallest absolute Gasteiger partial charge is 0.123 e. The third-order valence-electron chi connectivity index (χ3n) is 5.96. The molecule has 0 bridgehead atoms. The van der Waals surface area contributed by atoms with E-state index in [9.17, 15) is 4.39 Å². The summed E-state index contributed by atoms with van der Waals surface area (Å²) in [5.41, 5.74) is 4.18. The van der Waals surface area contributed by atoms with Crippen LogP contribution in [0, 0.1) is 11.7 Å². The van der Waals surface area contributed by atoms with Crippen molar-refractivity contribution in [2.75, 3.05) is 37.6 Å².